The SMILES string of the molecule is O=C(COc1cccc(Br)c1)NN=CC(Cl)=Cc1ccccc1. The molecule has 0 bridgehead atoms. The number of nitrogens with zero attached hydrogens (tertiary/aromatic N) is 1. The summed E-state index contributed by atoms with van der Waals surface area (Å²) in [6, 6.07) is 16.8. The molecule has 2 rings (SSSR count). The fourth-order valence-electron chi connectivity index (χ4n) is 1.65. The summed E-state index contributed by atoms with van der Waals surface area (Å²) < 4.78 is 6.22. The minimum absolute atomic E-state index is 0.131. The van der Waals surface area contributed by atoms with Gasteiger partial charge in [-0.05, 0) is 29.8 Å². The van der Waals surface area contributed by atoms with E-state index in [0.717, 1.165) is 10.0 Å². The molecule has 0 aliphatic carbocycles. The molecule has 0 heterocycles. The molecule has 0 fully saturated rings. The molecule has 0 spiro atoms. The number of halogens is 2. The number of amides is 1. The van der Waals surface area contributed by atoms with Crippen molar-refractivity contribution in [3.8, 4) is 5.75 Å². The van der Waals surface area contributed by atoms with Crippen LogP contribution in [-0.4, -0.2) is 18.7 Å². The Hall–Kier alpha value is -2.11. The smallest absolute Gasteiger partial charge is 0.277 e. The average Bonchev–Trinajstić information content (AvgIpc) is 2.54. The molecule has 1 amide bonds. The Morgan fingerprint density at radius 2 is 2.00 bits per heavy atom. The van der Waals surface area contributed by atoms with E-state index in [-0.39, 0.29) is 12.5 Å². The number of allylic oxidation sites excluding steroid dienone is 1. The van der Waals surface area contributed by atoms with Crippen LogP contribution in [0.1, 0.15) is 5.56 Å². The quantitative estimate of drug-likeness (QED) is 0.590. The third-order valence-electron chi connectivity index (χ3n) is 2.65. The largest absolute Gasteiger partial charge is 0.484 e. The molecule has 118 valence electrons. The molecule has 2 aromatic rings. The first-order chi connectivity index (χ1) is 11.1. The molecular weight excluding hydrogens is 380 g/mol. The number of benzene rings is 2. The van der Waals surface area contributed by atoms with E-state index in [1.165, 1.54) is 6.21 Å². The molecular formula is C17H14BrClN2O2. The van der Waals surface area contributed by atoms with Gasteiger partial charge in [0.1, 0.15) is 5.75 Å². The van der Waals surface area contributed by atoms with Crippen LogP contribution in [0.2, 0.25) is 0 Å². The van der Waals surface area contributed by atoms with E-state index in [9.17, 15) is 4.79 Å². The topological polar surface area (TPSA) is 50.7 Å². The van der Waals surface area contributed by atoms with E-state index in [1.54, 1.807) is 18.2 Å². The zero-order valence-electron chi connectivity index (χ0n) is 12.1. The van der Waals surface area contributed by atoms with E-state index in [1.807, 2.05) is 42.5 Å². The van der Waals surface area contributed by atoms with Crippen molar-refractivity contribution in [2.45, 2.75) is 0 Å². The van der Waals surface area contributed by atoms with Gasteiger partial charge in [-0.15, -0.1) is 0 Å². The van der Waals surface area contributed by atoms with Crippen LogP contribution in [0.15, 0.2) is 69.2 Å². The Bertz CT molecular complexity index is 718. The lowest BCUT2D eigenvalue weighted by Crippen LogP contribution is -2.24. The van der Waals surface area contributed by atoms with Crippen LogP contribution in [0, 0.1) is 0 Å². The molecule has 1 N–H and O–H groups in total. The van der Waals surface area contributed by atoms with Gasteiger partial charge in [0.05, 0.1) is 11.2 Å². The predicted molar refractivity (Wildman–Crippen MR) is 96.5 cm³/mol. The Morgan fingerprint density at radius 1 is 1.22 bits per heavy atom. The summed E-state index contributed by atoms with van der Waals surface area (Å²) in [6.07, 6.45) is 3.11. The number of hydrogen-bond acceptors (Lipinski definition) is 3. The van der Waals surface area contributed by atoms with Gasteiger partial charge in [0.2, 0.25) is 0 Å². The molecule has 4 nitrogen and oxygen atoms in total. The number of carbonyl (C=O) groups excluding carboxylic acids is 1. The maximum Gasteiger partial charge on any atom is 0.277 e. The third-order valence-corrected chi connectivity index (χ3v) is 3.35. The minimum atomic E-state index is -0.370. The summed E-state index contributed by atoms with van der Waals surface area (Å²) in [4.78, 5) is 11.6. The summed E-state index contributed by atoms with van der Waals surface area (Å²) in [5.41, 5.74) is 3.30. The summed E-state index contributed by atoms with van der Waals surface area (Å²) in [6.45, 7) is -0.131. The highest BCUT2D eigenvalue weighted by atomic mass is 79.9. The lowest BCUT2D eigenvalue weighted by Gasteiger charge is -2.04. The van der Waals surface area contributed by atoms with E-state index in [4.69, 9.17) is 16.3 Å². The Kier molecular flexibility index (Phi) is 6.84. The number of ether oxygens (including phenoxy) is 1. The standard InChI is InChI=1S/C17H14BrClN2O2/c18-14-7-4-8-16(10-14)23-12-17(22)21-20-11-15(19)9-13-5-2-1-3-6-13/h1-11H,12H2,(H,21,22). The molecule has 0 aliphatic rings. The molecule has 0 atom stereocenters. The van der Waals surface area contributed by atoms with E-state index >= 15 is 0 Å². The van der Waals surface area contributed by atoms with Crippen LogP contribution >= 0.6 is 27.5 Å². The summed E-state index contributed by atoms with van der Waals surface area (Å²) in [5, 5.41) is 4.19. The van der Waals surface area contributed by atoms with Crippen LogP contribution in [0.3, 0.4) is 0 Å². The fraction of sp³-hybridized carbons (Fsp3) is 0.0588. The van der Waals surface area contributed by atoms with Gasteiger partial charge in [0.25, 0.3) is 5.91 Å². The van der Waals surface area contributed by atoms with Gasteiger partial charge in [-0.2, -0.15) is 5.10 Å². The van der Waals surface area contributed by atoms with Crippen molar-refractivity contribution in [2.24, 2.45) is 5.10 Å². The zero-order chi connectivity index (χ0) is 16.5. The first-order valence-corrected chi connectivity index (χ1v) is 7.93. The average molecular weight is 394 g/mol. The predicted octanol–water partition coefficient (Wildman–Crippen LogP) is 4.21. The number of carbonyl (C=O) groups is 1. The Labute approximate surface area is 147 Å². The highest BCUT2D eigenvalue weighted by molar-refractivity contribution is 9.10. The second-order valence-corrected chi connectivity index (χ2v) is 5.83. The second kappa shape index (κ2) is 9.12. The first-order valence-electron chi connectivity index (χ1n) is 6.76. The van der Waals surface area contributed by atoms with E-state index < -0.39 is 0 Å². The summed E-state index contributed by atoms with van der Waals surface area (Å²) in [5.74, 6) is 0.228. The maximum absolute atomic E-state index is 11.6. The van der Waals surface area contributed by atoms with Crippen LogP contribution in [0.25, 0.3) is 6.08 Å². The van der Waals surface area contributed by atoms with Crippen LogP contribution < -0.4 is 10.2 Å². The van der Waals surface area contributed by atoms with Gasteiger partial charge in [-0.25, -0.2) is 5.43 Å². The third kappa shape index (κ3) is 6.67. The van der Waals surface area contributed by atoms with Gasteiger partial charge in [0.15, 0.2) is 6.61 Å². The van der Waals surface area contributed by atoms with Crippen molar-refractivity contribution in [1.29, 1.82) is 0 Å². The van der Waals surface area contributed by atoms with Gasteiger partial charge < -0.3 is 4.74 Å². The monoisotopic (exact) mass is 392 g/mol. The van der Waals surface area contributed by atoms with Gasteiger partial charge >= 0.3 is 0 Å². The molecule has 0 saturated heterocycles. The lowest BCUT2D eigenvalue weighted by molar-refractivity contribution is -0.123. The number of nitrogens with one attached hydrogen (secondary N) is 1. The summed E-state index contributed by atoms with van der Waals surface area (Å²) in [7, 11) is 0. The molecule has 23 heavy (non-hydrogen) atoms. The number of hydrogen-bond donors (Lipinski definition) is 1. The van der Waals surface area contributed by atoms with E-state index in [0.29, 0.717) is 10.8 Å². The number of hydrazone groups is 1. The van der Waals surface area contributed by atoms with Crippen LogP contribution in [-0.2, 0) is 4.79 Å². The van der Waals surface area contributed by atoms with E-state index in [2.05, 4.69) is 26.5 Å². The van der Waals surface area contributed by atoms with Gasteiger partial charge in [-0.3, -0.25) is 4.79 Å². The molecule has 0 aliphatic heterocycles. The van der Waals surface area contributed by atoms with Crippen LogP contribution in [0.4, 0.5) is 0 Å². The highest BCUT2D eigenvalue weighted by Crippen LogP contribution is 2.17. The molecule has 0 saturated carbocycles. The van der Waals surface area contributed by atoms with Crippen molar-refractivity contribution < 1.29 is 9.53 Å². The van der Waals surface area contributed by atoms with Crippen molar-refractivity contribution in [3.63, 3.8) is 0 Å². The Morgan fingerprint density at radius 3 is 2.74 bits per heavy atom. The van der Waals surface area contributed by atoms with Crippen molar-refractivity contribution in [2.75, 3.05) is 6.61 Å². The van der Waals surface area contributed by atoms with Crippen molar-refractivity contribution in [1.82, 2.24) is 5.43 Å². The molecule has 0 radical (unpaired) electrons. The van der Waals surface area contributed by atoms with Crippen molar-refractivity contribution >= 4 is 45.7 Å². The zero-order valence-corrected chi connectivity index (χ0v) is 14.4. The molecule has 6 heteroatoms. The van der Waals surface area contributed by atoms with Gasteiger partial charge in [-0.1, -0.05) is 63.9 Å². The van der Waals surface area contributed by atoms with Gasteiger partial charge in [0, 0.05) is 4.47 Å². The lowest BCUT2D eigenvalue weighted by atomic mass is 10.2. The van der Waals surface area contributed by atoms with Crippen LogP contribution in [0.5, 0.6) is 5.75 Å². The first kappa shape index (κ1) is 17.2. The number of rotatable bonds is 6. The molecule has 2 aromatic carbocycles. The normalized spacial score (nSPS) is 11.5. The maximum atomic E-state index is 11.6. The minimum Gasteiger partial charge on any atom is -0.484 e. The van der Waals surface area contributed by atoms with Crippen molar-refractivity contribution in [3.05, 3.63) is 69.7 Å². The second-order valence-electron chi connectivity index (χ2n) is 4.48. The highest BCUT2D eigenvalue weighted by Gasteiger charge is 2.01. The molecule has 0 aromatic heterocycles. The molecule has 0 unspecified atom stereocenters. The fourth-order valence-corrected chi connectivity index (χ4v) is 2.20. The Balaban J connectivity index is 1.78. The summed E-state index contributed by atoms with van der Waals surface area (Å²) >= 11 is 9.34.